The molecule has 0 radical (unpaired) electrons. The zero-order chi connectivity index (χ0) is 38.0. The fourth-order valence-corrected chi connectivity index (χ4v) is 6.71. The van der Waals surface area contributed by atoms with Crippen molar-refractivity contribution in [3.05, 3.63) is 86.1 Å². The Bertz CT molecular complexity index is 1510. The maximum absolute atomic E-state index is 13.6. The standard InChI is InChI=1S/C26H31N5O3.C16H36N/c1-6-7-16-31-24(33)22(23(32)28-25(31)34)26(17-27,18-8-12-20(13-9-18)29(2)3)19-10-14-21(15-11-19)30(4)5;1-5-9-13-17(14-10-6-2,15-11-7-3)16-12-8-4/h8-15,33H,6-7,16H2,1-5H3,(H,28,32,34);5-16H2,1-4H3/q;+1/p-1. The van der Waals surface area contributed by atoms with Crippen molar-refractivity contribution in [3.8, 4) is 11.9 Å². The number of H-pyrrole nitrogens is 1. The van der Waals surface area contributed by atoms with Gasteiger partial charge in [-0.15, -0.1) is 0 Å². The van der Waals surface area contributed by atoms with Crippen LogP contribution in [0.2, 0.25) is 0 Å². The Morgan fingerprint density at radius 3 is 1.37 bits per heavy atom. The molecule has 9 nitrogen and oxygen atoms in total. The summed E-state index contributed by atoms with van der Waals surface area (Å²) in [5.74, 6) is -0.739. The number of nitrogens with one attached hydrogen (secondary N) is 1. The van der Waals surface area contributed by atoms with Crippen LogP contribution in [0.25, 0.3) is 0 Å². The van der Waals surface area contributed by atoms with E-state index in [4.69, 9.17) is 0 Å². The van der Waals surface area contributed by atoms with Crippen LogP contribution < -0.4 is 26.2 Å². The number of unbranched alkanes of at least 4 members (excludes halogenated alkanes) is 5. The fourth-order valence-electron chi connectivity index (χ4n) is 6.71. The number of anilines is 2. The summed E-state index contributed by atoms with van der Waals surface area (Å²) in [5, 5.41) is 24.2. The molecule has 1 N–H and O–H groups in total. The van der Waals surface area contributed by atoms with Crippen LogP contribution in [0.4, 0.5) is 11.4 Å². The Labute approximate surface area is 308 Å². The summed E-state index contributed by atoms with van der Waals surface area (Å²) < 4.78 is 2.44. The number of nitrogens with zero attached hydrogens (tertiary/aromatic N) is 5. The number of benzene rings is 2. The molecule has 0 aliphatic heterocycles. The second-order valence-electron chi connectivity index (χ2n) is 14.3. The van der Waals surface area contributed by atoms with Gasteiger partial charge in [0.05, 0.1) is 37.8 Å². The van der Waals surface area contributed by atoms with Gasteiger partial charge in [-0.3, -0.25) is 9.78 Å². The number of aromatic amines is 1. The Hall–Kier alpha value is -4.03. The van der Waals surface area contributed by atoms with Crippen molar-refractivity contribution < 1.29 is 9.59 Å². The summed E-state index contributed by atoms with van der Waals surface area (Å²) in [4.78, 5) is 31.7. The maximum Gasteiger partial charge on any atom is 0.327 e. The Balaban J connectivity index is 0.000000449. The first-order chi connectivity index (χ1) is 24.4. The molecule has 0 bridgehead atoms. The average Bonchev–Trinajstić information content (AvgIpc) is 3.13. The molecule has 0 spiro atoms. The molecule has 2 aromatic carbocycles. The summed E-state index contributed by atoms with van der Waals surface area (Å²) in [7, 11) is 7.60. The lowest BCUT2D eigenvalue weighted by Gasteiger charge is -2.39. The van der Waals surface area contributed by atoms with Crippen molar-refractivity contribution in [2.45, 2.75) is 111 Å². The molecule has 282 valence electrons. The van der Waals surface area contributed by atoms with Crippen molar-refractivity contribution in [1.29, 1.82) is 5.26 Å². The normalized spacial score (nSPS) is 11.5. The van der Waals surface area contributed by atoms with Crippen LogP contribution in [0, 0.1) is 11.3 Å². The number of quaternary nitrogens is 1. The second kappa shape index (κ2) is 21.4. The van der Waals surface area contributed by atoms with E-state index in [-0.39, 0.29) is 12.1 Å². The number of rotatable bonds is 20. The predicted molar refractivity (Wildman–Crippen MR) is 212 cm³/mol. The fraction of sp³-hybridized carbons (Fsp3) is 0.595. The molecule has 1 aromatic heterocycles. The molecule has 0 fully saturated rings. The van der Waals surface area contributed by atoms with E-state index in [9.17, 15) is 20.0 Å². The summed E-state index contributed by atoms with van der Waals surface area (Å²) in [6.07, 6.45) is 12.4. The number of hydrogen-bond donors (Lipinski definition) is 1. The second-order valence-corrected chi connectivity index (χ2v) is 14.3. The first-order valence-corrected chi connectivity index (χ1v) is 19.3. The van der Waals surface area contributed by atoms with E-state index in [1.54, 1.807) is 24.3 Å². The molecule has 3 rings (SSSR count). The lowest BCUT2D eigenvalue weighted by atomic mass is 9.71. The van der Waals surface area contributed by atoms with Gasteiger partial charge in [-0.1, -0.05) is 91.0 Å². The van der Waals surface area contributed by atoms with Crippen molar-refractivity contribution in [1.82, 2.24) is 9.55 Å². The average molecular weight is 703 g/mol. The summed E-state index contributed by atoms with van der Waals surface area (Å²) in [5.41, 5.74) is -0.834. The van der Waals surface area contributed by atoms with Gasteiger partial charge in [0.25, 0.3) is 5.56 Å². The quantitative estimate of drug-likeness (QED) is 0.123. The third-order valence-electron chi connectivity index (χ3n) is 10.0. The molecule has 9 heteroatoms. The summed E-state index contributed by atoms with van der Waals surface area (Å²) >= 11 is 0. The van der Waals surface area contributed by atoms with Gasteiger partial charge in [0, 0.05) is 46.1 Å². The summed E-state index contributed by atoms with van der Waals surface area (Å²) in [6, 6.07) is 16.6. The van der Waals surface area contributed by atoms with Crippen molar-refractivity contribution >= 4 is 11.4 Å². The molecule has 0 amide bonds. The van der Waals surface area contributed by atoms with Gasteiger partial charge in [0.2, 0.25) is 0 Å². The molecule has 0 saturated heterocycles. The highest BCUT2D eigenvalue weighted by Crippen LogP contribution is 2.41. The zero-order valence-corrected chi connectivity index (χ0v) is 33.2. The monoisotopic (exact) mass is 703 g/mol. The first kappa shape index (κ1) is 43.1. The van der Waals surface area contributed by atoms with Crippen LogP contribution in [0.15, 0.2) is 58.1 Å². The molecule has 3 aromatic rings. The van der Waals surface area contributed by atoms with Crippen LogP contribution in [0.1, 0.15) is 116 Å². The number of hydrogen-bond acceptors (Lipinski definition) is 6. The van der Waals surface area contributed by atoms with E-state index in [0.29, 0.717) is 17.5 Å². The van der Waals surface area contributed by atoms with Gasteiger partial charge in [0.15, 0.2) is 0 Å². The van der Waals surface area contributed by atoms with Crippen LogP contribution in [0.3, 0.4) is 0 Å². The van der Waals surface area contributed by atoms with E-state index in [1.807, 2.05) is 69.2 Å². The molecule has 0 saturated carbocycles. The van der Waals surface area contributed by atoms with E-state index >= 15 is 0 Å². The van der Waals surface area contributed by atoms with Gasteiger partial charge in [0.1, 0.15) is 5.41 Å². The van der Waals surface area contributed by atoms with Crippen molar-refractivity contribution in [2.24, 2.45) is 0 Å². The first-order valence-electron chi connectivity index (χ1n) is 19.3. The lowest BCUT2D eigenvalue weighted by Crippen LogP contribution is -2.50. The summed E-state index contributed by atoms with van der Waals surface area (Å²) in [6.45, 7) is 17.1. The smallest absolute Gasteiger partial charge is 0.327 e. The van der Waals surface area contributed by atoms with Crippen molar-refractivity contribution in [3.63, 3.8) is 0 Å². The molecule has 51 heavy (non-hydrogen) atoms. The largest absolute Gasteiger partial charge is 0.860 e. The molecular weight excluding hydrogens is 637 g/mol. The van der Waals surface area contributed by atoms with Crippen LogP contribution >= 0.6 is 0 Å². The third kappa shape index (κ3) is 11.2. The highest BCUT2D eigenvalue weighted by molar-refractivity contribution is 5.62. The van der Waals surface area contributed by atoms with Gasteiger partial charge >= 0.3 is 5.69 Å². The topological polar surface area (TPSA) is 108 Å². The number of aromatic nitrogens is 2. The molecule has 0 aliphatic rings. The van der Waals surface area contributed by atoms with Crippen LogP contribution in [-0.2, 0) is 12.0 Å². The predicted octanol–water partition coefficient (Wildman–Crippen LogP) is 7.40. The third-order valence-corrected chi connectivity index (χ3v) is 10.0. The van der Waals surface area contributed by atoms with E-state index < -0.39 is 22.5 Å². The molecule has 1 heterocycles. The minimum Gasteiger partial charge on any atom is -0.860 e. The zero-order valence-electron chi connectivity index (χ0n) is 33.2. The molecule has 0 atom stereocenters. The van der Waals surface area contributed by atoms with Crippen molar-refractivity contribution in [2.75, 3.05) is 64.2 Å². The Kier molecular flexibility index (Phi) is 18.1. The van der Waals surface area contributed by atoms with E-state index in [0.717, 1.165) is 22.4 Å². The van der Waals surface area contributed by atoms with E-state index in [2.05, 4.69) is 38.7 Å². The van der Waals surface area contributed by atoms with Gasteiger partial charge in [-0.25, -0.2) is 4.79 Å². The van der Waals surface area contributed by atoms with Gasteiger partial charge < -0.3 is 24.0 Å². The minimum atomic E-state index is -1.71. The molecular formula is C42H66N6O3. The SMILES string of the molecule is CCCC[N+](CCCC)(CCCC)CCCC.CCCCn1c([O-])c(C(C#N)(c2ccc(N(C)C)cc2)c2ccc(N(C)C)cc2)c(=O)[nH]c1=O. The van der Waals surface area contributed by atoms with Crippen LogP contribution in [-0.4, -0.2) is 68.4 Å². The van der Waals surface area contributed by atoms with Crippen LogP contribution in [0.5, 0.6) is 5.88 Å². The highest BCUT2D eigenvalue weighted by atomic mass is 16.3. The Morgan fingerprint density at radius 1 is 0.686 bits per heavy atom. The highest BCUT2D eigenvalue weighted by Gasteiger charge is 2.40. The van der Waals surface area contributed by atoms with Gasteiger partial charge in [-0.2, -0.15) is 5.26 Å². The maximum atomic E-state index is 13.6. The molecule has 0 aliphatic carbocycles. The Morgan fingerprint density at radius 2 is 1.06 bits per heavy atom. The molecule has 0 unspecified atom stereocenters. The number of nitriles is 1. The van der Waals surface area contributed by atoms with E-state index in [1.165, 1.54) is 82.0 Å². The van der Waals surface area contributed by atoms with Gasteiger partial charge in [-0.05, 0) is 73.4 Å². The lowest BCUT2D eigenvalue weighted by molar-refractivity contribution is -0.929. The minimum absolute atomic E-state index is 0.165.